The van der Waals surface area contributed by atoms with Gasteiger partial charge in [-0.25, -0.2) is 0 Å². The minimum absolute atomic E-state index is 0.363. The summed E-state index contributed by atoms with van der Waals surface area (Å²) in [6.07, 6.45) is 0.471. The lowest BCUT2D eigenvalue weighted by molar-refractivity contribution is -0.142. The van der Waals surface area contributed by atoms with Gasteiger partial charge in [-0.2, -0.15) is 5.26 Å². The van der Waals surface area contributed by atoms with Crippen LogP contribution in [0.5, 0.6) is 0 Å². The first-order valence-electron chi connectivity index (χ1n) is 5.77. The van der Waals surface area contributed by atoms with Gasteiger partial charge in [0.05, 0.1) is 11.6 Å². The van der Waals surface area contributed by atoms with E-state index in [9.17, 15) is 4.79 Å². The van der Waals surface area contributed by atoms with Gasteiger partial charge in [-0.05, 0) is 24.1 Å². The van der Waals surface area contributed by atoms with Crippen molar-refractivity contribution in [2.75, 3.05) is 13.1 Å². The Morgan fingerprint density at radius 2 is 2.17 bits per heavy atom. The van der Waals surface area contributed by atoms with Gasteiger partial charge < -0.3 is 10.8 Å². The Morgan fingerprint density at radius 3 is 2.67 bits per heavy atom. The second-order valence-corrected chi connectivity index (χ2v) is 4.73. The molecule has 1 heterocycles. The second kappa shape index (κ2) is 4.77. The molecule has 3 N–H and O–H groups in total. The van der Waals surface area contributed by atoms with Gasteiger partial charge in [0, 0.05) is 19.6 Å². The normalized spacial score (nSPS) is 23.8. The van der Waals surface area contributed by atoms with Crippen LogP contribution in [0.25, 0.3) is 0 Å². The number of carbonyl (C=O) groups is 1. The third-order valence-electron chi connectivity index (χ3n) is 3.30. The molecule has 1 aliphatic rings. The minimum Gasteiger partial charge on any atom is -0.480 e. The van der Waals surface area contributed by atoms with Crippen LogP contribution in [0.15, 0.2) is 24.3 Å². The van der Waals surface area contributed by atoms with Gasteiger partial charge in [0.25, 0.3) is 0 Å². The maximum atomic E-state index is 11.0. The fourth-order valence-electron chi connectivity index (χ4n) is 2.17. The van der Waals surface area contributed by atoms with Gasteiger partial charge in [0.15, 0.2) is 0 Å². The molecule has 1 fully saturated rings. The van der Waals surface area contributed by atoms with E-state index < -0.39 is 11.5 Å². The Balaban J connectivity index is 1.99. The number of nitrogens with zero attached hydrogens (tertiary/aromatic N) is 2. The molecule has 0 aliphatic carbocycles. The molecular weight excluding hydrogens is 230 g/mol. The number of carboxylic acid groups (broad SMARTS) is 1. The molecule has 0 amide bonds. The molecule has 0 aromatic heterocycles. The number of benzene rings is 1. The van der Waals surface area contributed by atoms with Crippen molar-refractivity contribution >= 4 is 5.97 Å². The van der Waals surface area contributed by atoms with Crippen LogP contribution in [0.2, 0.25) is 0 Å². The van der Waals surface area contributed by atoms with E-state index in [0.717, 1.165) is 5.56 Å². The van der Waals surface area contributed by atoms with E-state index >= 15 is 0 Å². The zero-order chi connectivity index (χ0) is 13.2. The molecule has 0 bridgehead atoms. The third-order valence-corrected chi connectivity index (χ3v) is 3.30. The minimum atomic E-state index is -1.12. The zero-order valence-electron chi connectivity index (χ0n) is 9.97. The summed E-state index contributed by atoms with van der Waals surface area (Å²) in [4.78, 5) is 13.0. The van der Waals surface area contributed by atoms with Crippen LogP contribution in [0.1, 0.15) is 17.5 Å². The summed E-state index contributed by atoms with van der Waals surface area (Å²) in [5, 5.41) is 17.7. The van der Waals surface area contributed by atoms with E-state index in [1.165, 1.54) is 0 Å². The number of carboxylic acids is 1. The molecule has 1 aromatic carbocycles. The Hall–Kier alpha value is -1.90. The lowest BCUT2D eigenvalue weighted by Gasteiger charge is -2.20. The maximum Gasteiger partial charge on any atom is 0.325 e. The molecule has 94 valence electrons. The molecule has 5 nitrogen and oxygen atoms in total. The summed E-state index contributed by atoms with van der Waals surface area (Å²) in [6, 6.07) is 9.36. The van der Waals surface area contributed by atoms with Crippen LogP contribution >= 0.6 is 0 Å². The van der Waals surface area contributed by atoms with Gasteiger partial charge in [0.1, 0.15) is 5.54 Å². The monoisotopic (exact) mass is 245 g/mol. The first-order valence-corrected chi connectivity index (χ1v) is 5.77. The van der Waals surface area contributed by atoms with Crippen LogP contribution in [-0.4, -0.2) is 34.6 Å². The number of nitrogens with two attached hydrogens (primary N) is 1. The van der Waals surface area contributed by atoms with Gasteiger partial charge >= 0.3 is 5.97 Å². The topological polar surface area (TPSA) is 90.4 Å². The summed E-state index contributed by atoms with van der Waals surface area (Å²) >= 11 is 0. The Kier molecular flexibility index (Phi) is 3.32. The molecule has 18 heavy (non-hydrogen) atoms. The number of aliphatic carboxylic acids is 1. The Labute approximate surface area is 105 Å². The molecule has 1 atom stereocenters. The highest BCUT2D eigenvalue weighted by Crippen LogP contribution is 2.21. The molecule has 1 aliphatic heterocycles. The SMILES string of the molecule is N#Cc1ccc(CN2CCC(N)(C(=O)O)C2)cc1. The van der Waals surface area contributed by atoms with Crippen LogP contribution in [0, 0.1) is 11.3 Å². The van der Waals surface area contributed by atoms with Crippen molar-refractivity contribution in [3.63, 3.8) is 0 Å². The summed E-state index contributed by atoms with van der Waals surface area (Å²) in [5.41, 5.74) is 6.37. The number of likely N-dealkylation sites (tertiary alicyclic amines) is 1. The third kappa shape index (κ3) is 2.50. The summed E-state index contributed by atoms with van der Waals surface area (Å²) in [5.74, 6) is -0.940. The van der Waals surface area contributed by atoms with Gasteiger partial charge in [-0.1, -0.05) is 12.1 Å². The molecule has 1 saturated heterocycles. The highest BCUT2D eigenvalue weighted by molar-refractivity contribution is 5.79. The van der Waals surface area contributed by atoms with Crippen molar-refractivity contribution in [2.24, 2.45) is 5.73 Å². The standard InChI is InChI=1S/C13H15N3O2/c14-7-10-1-3-11(4-2-10)8-16-6-5-13(15,9-16)12(17)18/h1-4H,5-6,8-9,15H2,(H,17,18). The van der Waals surface area contributed by atoms with Crippen LogP contribution in [-0.2, 0) is 11.3 Å². The first-order chi connectivity index (χ1) is 8.53. The molecule has 0 spiro atoms. The van der Waals surface area contributed by atoms with Crippen molar-refractivity contribution in [1.29, 1.82) is 5.26 Å². The summed E-state index contributed by atoms with van der Waals surface area (Å²) in [7, 11) is 0. The molecule has 2 rings (SSSR count). The molecule has 5 heteroatoms. The van der Waals surface area contributed by atoms with E-state index in [1.54, 1.807) is 12.1 Å². The first kappa shape index (κ1) is 12.6. The Bertz CT molecular complexity index is 492. The van der Waals surface area contributed by atoms with Gasteiger partial charge in [0.2, 0.25) is 0 Å². The number of rotatable bonds is 3. The molecular formula is C13H15N3O2. The van der Waals surface area contributed by atoms with E-state index in [1.807, 2.05) is 17.0 Å². The quantitative estimate of drug-likeness (QED) is 0.811. The van der Waals surface area contributed by atoms with Crippen molar-refractivity contribution in [2.45, 2.75) is 18.5 Å². The molecule has 1 aromatic rings. The van der Waals surface area contributed by atoms with Crippen molar-refractivity contribution in [3.05, 3.63) is 35.4 Å². The van der Waals surface area contributed by atoms with E-state index in [-0.39, 0.29) is 0 Å². The number of hydrogen-bond acceptors (Lipinski definition) is 4. The number of nitriles is 1. The smallest absolute Gasteiger partial charge is 0.325 e. The summed E-state index contributed by atoms with van der Waals surface area (Å²) < 4.78 is 0. The highest BCUT2D eigenvalue weighted by Gasteiger charge is 2.40. The van der Waals surface area contributed by atoms with Crippen LogP contribution in [0.3, 0.4) is 0 Å². The summed E-state index contributed by atoms with van der Waals surface area (Å²) in [6.45, 7) is 1.71. The predicted octanol–water partition coefficient (Wildman–Crippen LogP) is 0.546. The predicted molar refractivity (Wildman–Crippen MR) is 65.6 cm³/mol. The van der Waals surface area contributed by atoms with Gasteiger partial charge in [-0.3, -0.25) is 9.69 Å². The second-order valence-electron chi connectivity index (χ2n) is 4.73. The van der Waals surface area contributed by atoms with E-state index in [0.29, 0.717) is 31.6 Å². The maximum absolute atomic E-state index is 11.0. The van der Waals surface area contributed by atoms with Gasteiger partial charge in [-0.15, -0.1) is 0 Å². The van der Waals surface area contributed by atoms with Crippen molar-refractivity contribution in [1.82, 2.24) is 4.90 Å². The average Bonchev–Trinajstić information content (AvgIpc) is 2.73. The number of hydrogen-bond donors (Lipinski definition) is 2. The lowest BCUT2D eigenvalue weighted by Crippen LogP contribution is -2.50. The lowest BCUT2D eigenvalue weighted by atomic mass is 10.0. The van der Waals surface area contributed by atoms with E-state index in [2.05, 4.69) is 6.07 Å². The zero-order valence-corrected chi connectivity index (χ0v) is 9.97. The average molecular weight is 245 g/mol. The largest absolute Gasteiger partial charge is 0.480 e. The van der Waals surface area contributed by atoms with Crippen molar-refractivity contribution < 1.29 is 9.90 Å². The fourth-order valence-corrected chi connectivity index (χ4v) is 2.17. The molecule has 1 unspecified atom stereocenters. The Morgan fingerprint density at radius 1 is 1.50 bits per heavy atom. The van der Waals surface area contributed by atoms with Crippen LogP contribution < -0.4 is 5.73 Å². The van der Waals surface area contributed by atoms with E-state index in [4.69, 9.17) is 16.1 Å². The highest BCUT2D eigenvalue weighted by atomic mass is 16.4. The fraction of sp³-hybridized carbons (Fsp3) is 0.385. The molecule has 0 saturated carbocycles. The van der Waals surface area contributed by atoms with Crippen LogP contribution in [0.4, 0.5) is 0 Å². The van der Waals surface area contributed by atoms with Crippen molar-refractivity contribution in [3.8, 4) is 6.07 Å². The molecule has 0 radical (unpaired) electrons.